The van der Waals surface area contributed by atoms with Gasteiger partial charge in [0.15, 0.2) is 0 Å². The third-order valence-electron chi connectivity index (χ3n) is 0.682. The van der Waals surface area contributed by atoms with Gasteiger partial charge in [-0.15, -0.1) is 0 Å². The maximum atomic E-state index is 7.92. The number of hydrogen-bond acceptors (Lipinski definition) is 2. The smallest absolute Gasteiger partial charge is 2.00 e. The van der Waals surface area contributed by atoms with E-state index < -0.39 is 0 Å². The second kappa shape index (κ2) is 15.7. The molecule has 4 nitrogen and oxygen atoms in total. The zero-order valence-electron chi connectivity index (χ0n) is 5.42. The van der Waals surface area contributed by atoms with E-state index in [-0.39, 0.29) is 32.7 Å². The molecule has 0 fully saturated rings. The summed E-state index contributed by atoms with van der Waals surface area (Å²) in [5.41, 5.74) is 0.773. The van der Waals surface area contributed by atoms with Crippen molar-refractivity contribution in [3.05, 3.63) is 0 Å². The van der Waals surface area contributed by atoms with E-state index >= 15 is 0 Å². The molecule has 0 aromatic rings. The summed E-state index contributed by atoms with van der Waals surface area (Å²) in [6.45, 7) is 3.72. The Hall–Kier alpha value is 0.104. The zero-order valence-corrected chi connectivity index (χ0v) is 6.98. The third-order valence-corrected chi connectivity index (χ3v) is 0.682. The number of rotatable bonds is 1. The fraction of sp³-hybridized carbons (Fsp3) is 0.750. The number of oxime groups is 1. The molecule has 0 atom stereocenters. The van der Waals surface area contributed by atoms with Crippen LogP contribution in [0.2, 0.25) is 0 Å². The zero-order chi connectivity index (χ0) is 4.99. The van der Waals surface area contributed by atoms with Crippen molar-refractivity contribution in [3.63, 3.8) is 0 Å². The molecular weight excluding hydrogens is 158 g/mol. The summed E-state index contributed by atoms with van der Waals surface area (Å²) < 4.78 is 0. The summed E-state index contributed by atoms with van der Waals surface area (Å²) >= 11 is 0. The van der Waals surface area contributed by atoms with Crippen molar-refractivity contribution in [2.24, 2.45) is 5.16 Å². The minimum atomic E-state index is 0. The van der Waals surface area contributed by atoms with Crippen molar-refractivity contribution in [3.8, 4) is 0 Å². The maximum absolute atomic E-state index is 7.92. The standard InChI is InChI=1S/C4H9NO.2O.Ti/c1-3-4(2)5-6;;;/h6H,3H2,1-2H3;;;/q;2*-2;+4. The van der Waals surface area contributed by atoms with Gasteiger partial charge in [-0.3, -0.25) is 0 Å². The van der Waals surface area contributed by atoms with Crippen LogP contribution in [0.4, 0.5) is 0 Å². The molecule has 1 N–H and O–H groups in total. The molecule has 0 amide bonds. The van der Waals surface area contributed by atoms with E-state index in [1.165, 1.54) is 0 Å². The minimum Gasteiger partial charge on any atom is -2.00 e. The van der Waals surface area contributed by atoms with Crippen LogP contribution in [0.1, 0.15) is 20.3 Å². The second-order valence-electron chi connectivity index (χ2n) is 1.19. The molecular formula is C4H9NO3Ti. The summed E-state index contributed by atoms with van der Waals surface area (Å²) in [5, 5.41) is 10.8. The molecule has 0 unspecified atom stereocenters. The van der Waals surface area contributed by atoms with E-state index in [0.29, 0.717) is 0 Å². The Morgan fingerprint density at radius 1 is 1.44 bits per heavy atom. The Morgan fingerprint density at radius 2 is 1.78 bits per heavy atom. The Labute approximate surface area is 69.4 Å². The molecule has 0 saturated carbocycles. The van der Waals surface area contributed by atoms with Crippen molar-refractivity contribution >= 4 is 5.71 Å². The van der Waals surface area contributed by atoms with Gasteiger partial charge in [0, 0.05) is 0 Å². The Bertz CT molecular complexity index is 66.8. The predicted octanol–water partition coefficient (Wildman–Crippen LogP) is 1.01. The van der Waals surface area contributed by atoms with Gasteiger partial charge in [0.2, 0.25) is 0 Å². The van der Waals surface area contributed by atoms with Gasteiger partial charge < -0.3 is 16.2 Å². The summed E-state index contributed by atoms with van der Waals surface area (Å²) in [4.78, 5) is 0. The molecule has 9 heavy (non-hydrogen) atoms. The topological polar surface area (TPSA) is 89.6 Å². The van der Waals surface area contributed by atoms with E-state index in [2.05, 4.69) is 5.16 Å². The largest absolute Gasteiger partial charge is 4.00 e. The Kier molecular flexibility index (Phi) is 40.0. The molecule has 0 aliphatic rings. The Balaban J connectivity index is -0.0000000417. The number of nitrogens with zero attached hydrogens (tertiary/aromatic N) is 1. The maximum Gasteiger partial charge on any atom is 4.00 e. The van der Waals surface area contributed by atoms with Crippen molar-refractivity contribution in [1.29, 1.82) is 0 Å². The van der Waals surface area contributed by atoms with Gasteiger partial charge in [0.25, 0.3) is 0 Å². The molecule has 0 rings (SSSR count). The normalized spacial score (nSPS) is 8.00. The van der Waals surface area contributed by atoms with E-state index in [1.54, 1.807) is 6.92 Å². The van der Waals surface area contributed by atoms with Crippen LogP contribution in [0.15, 0.2) is 5.16 Å². The molecule has 0 aliphatic heterocycles. The van der Waals surface area contributed by atoms with Crippen LogP contribution < -0.4 is 0 Å². The molecule has 0 saturated heterocycles. The molecule has 0 aliphatic carbocycles. The van der Waals surface area contributed by atoms with Crippen LogP contribution in [-0.2, 0) is 32.7 Å². The summed E-state index contributed by atoms with van der Waals surface area (Å²) in [5.74, 6) is 0. The van der Waals surface area contributed by atoms with E-state index in [9.17, 15) is 0 Å². The number of hydrogen-bond donors (Lipinski definition) is 1. The van der Waals surface area contributed by atoms with E-state index in [4.69, 9.17) is 5.21 Å². The van der Waals surface area contributed by atoms with Crippen LogP contribution in [0.5, 0.6) is 0 Å². The first-order valence-electron chi connectivity index (χ1n) is 1.98. The van der Waals surface area contributed by atoms with Crippen LogP contribution in [0.3, 0.4) is 0 Å². The summed E-state index contributed by atoms with van der Waals surface area (Å²) in [7, 11) is 0. The predicted molar refractivity (Wildman–Crippen MR) is 26.6 cm³/mol. The average Bonchev–Trinajstić information content (AvgIpc) is 1.65. The SMILES string of the molecule is CCC(C)=NO.[O-2].[O-2].[Ti+4]. The monoisotopic (exact) mass is 167 g/mol. The molecule has 5 heteroatoms. The first-order valence-corrected chi connectivity index (χ1v) is 1.98. The Morgan fingerprint density at radius 3 is 1.78 bits per heavy atom. The minimum absolute atomic E-state index is 0. The van der Waals surface area contributed by atoms with Gasteiger partial charge >= 0.3 is 21.7 Å². The van der Waals surface area contributed by atoms with Crippen molar-refractivity contribution < 1.29 is 37.9 Å². The molecule has 0 spiro atoms. The summed E-state index contributed by atoms with van der Waals surface area (Å²) in [6.07, 6.45) is 0.830. The van der Waals surface area contributed by atoms with E-state index in [1.807, 2.05) is 6.92 Å². The molecule has 52 valence electrons. The van der Waals surface area contributed by atoms with Crippen LogP contribution >= 0.6 is 0 Å². The van der Waals surface area contributed by atoms with Crippen molar-refractivity contribution in [1.82, 2.24) is 0 Å². The first-order chi connectivity index (χ1) is 2.81. The van der Waals surface area contributed by atoms with E-state index in [0.717, 1.165) is 12.1 Å². The average molecular weight is 167 g/mol. The second-order valence-corrected chi connectivity index (χ2v) is 1.19. The van der Waals surface area contributed by atoms with Crippen molar-refractivity contribution in [2.45, 2.75) is 20.3 Å². The quantitative estimate of drug-likeness (QED) is 0.268. The van der Waals surface area contributed by atoms with Crippen molar-refractivity contribution in [2.75, 3.05) is 0 Å². The first kappa shape index (κ1) is 23.0. The van der Waals surface area contributed by atoms with Crippen LogP contribution in [0.25, 0.3) is 0 Å². The fourth-order valence-corrected chi connectivity index (χ4v) is 0.0707. The van der Waals surface area contributed by atoms with Crippen LogP contribution in [0, 0.1) is 0 Å². The molecule has 0 aromatic heterocycles. The molecule has 0 heterocycles. The fourth-order valence-electron chi connectivity index (χ4n) is 0.0707. The molecule has 0 bridgehead atoms. The van der Waals surface area contributed by atoms with Gasteiger partial charge in [-0.05, 0) is 13.3 Å². The molecule has 0 aromatic carbocycles. The molecule has 0 radical (unpaired) electrons. The van der Waals surface area contributed by atoms with Gasteiger partial charge in [-0.25, -0.2) is 0 Å². The van der Waals surface area contributed by atoms with Crippen LogP contribution in [-0.4, -0.2) is 10.9 Å². The van der Waals surface area contributed by atoms with Gasteiger partial charge in [0.05, 0.1) is 5.71 Å². The third kappa shape index (κ3) is 17.9. The van der Waals surface area contributed by atoms with Gasteiger partial charge in [-0.1, -0.05) is 12.1 Å². The van der Waals surface area contributed by atoms with Gasteiger partial charge in [0.1, 0.15) is 0 Å². The van der Waals surface area contributed by atoms with Gasteiger partial charge in [-0.2, -0.15) is 0 Å². The summed E-state index contributed by atoms with van der Waals surface area (Å²) in [6, 6.07) is 0.